The standard InChI is InChI=1S/C44H57N5O3S/c1-10-14-19-33(12-3)27-48(28-34(13-4)20-15-11-2)44-46-40(39-30(6)23-29(5)24-31(39)7)38(53-44)25-36-32(8)37(26-45)43(52)49(42(36)51)47(9)41(50)35-21-17-16-18-22-35/h16-18,21-25,33-34H,10-15,19-20,27-28H2,1-9H3/b36-25-. The van der Waals surface area contributed by atoms with Crippen LogP contribution in [0.15, 0.2) is 59.2 Å². The molecular formula is C44H57N5O3S. The van der Waals surface area contributed by atoms with Crippen molar-refractivity contribution in [1.82, 2.24) is 15.0 Å². The lowest BCUT2D eigenvalue weighted by Gasteiger charge is -2.33. The molecule has 0 saturated heterocycles. The maximum atomic E-state index is 14.4. The maximum absolute atomic E-state index is 14.4. The van der Waals surface area contributed by atoms with Crippen LogP contribution in [0.2, 0.25) is 0 Å². The minimum Gasteiger partial charge on any atom is -0.348 e. The molecule has 2 heterocycles. The second-order valence-corrected chi connectivity index (χ2v) is 15.5. The van der Waals surface area contributed by atoms with Crippen molar-refractivity contribution in [2.75, 3.05) is 25.0 Å². The van der Waals surface area contributed by atoms with Gasteiger partial charge < -0.3 is 4.90 Å². The van der Waals surface area contributed by atoms with Crippen molar-refractivity contribution in [3.05, 3.63) is 86.3 Å². The van der Waals surface area contributed by atoms with Crippen LogP contribution in [-0.2, 0) is 9.59 Å². The van der Waals surface area contributed by atoms with E-state index in [4.69, 9.17) is 4.98 Å². The fraction of sp³-hybridized carbons (Fsp3) is 0.477. The van der Waals surface area contributed by atoms with Crippen molar-refractivity contribution in [1.29, 1.82) is 5.26 Å². The van der Waals surface area contributed by atoms with Gasteiger partial charge in [-0.1, -0.05) is 113 Å². The van der Waals surface area contributed by atoms with Gasteiger partial charge in [-0.2, -0.15) is 10.3 Å². The minimum absolute atomic E-state index is 0.178. The summed E-state index contributed by atoms with van der Waals surface area (Å²) in [6, 6.07) is 14.8. The molecule has 1 aliphatic rings. The second kappa shape index (κ2) is 19.0. The van der Waals surface area contributed by atoms with Crippen molar-refractivity contribution in [2.45, 2.75) is 107 Å². The molecule has 0 saturated carbocycles. The van der Waals surface area contributed by atoms with Crippen LogP contribution in [0.3, 0.4) is 0 Å². The first-order valence-electron chi connectivity index (χ1n) is 19.3. The van der Waals surface area contributed by atoms with Gasteiger partial charge in [0.1, 0.15) is 11.6 Å². The van der Waals surface area contributed by atoms with Crippen molar-refractivity contribution in [3.63, 3.8) is 0 Å². The molecule has 0 bridgehead atoms. The Morgan fingerprint density at radius 2 is 1.47 bits per heavy atom. The highest BCUT2D eigenvalue weighted by molar-refractivity contribution is 7.17. The van der Waals surface area contributed by atoms with Gasteiger partial charge >= 0.3 is 0 Å². The fourth-order valence-corrected chi connectivity index (χ4v) is 8.34. The first-order valence-corrected chi connectivity index (χ1v) is 20.1. The Morgan fingerprint density at radius 1 is 0.906 bits per heavy atom. The average molecular weight is 736 g/mol. The van der Waals surface area contributed by atoms with E-state index in [-0.39, 0.29) is 16.7 Å². The number of imide groups is 1. The number of anilines is 1. The van der Waals surface area contributed by atoms with Crippen LogP contribution in [0.5, 0.6) is 0 Å². The maximum Gasteiger partial charge on any atom is 0.290 e. The van der Waals surface area contributed by atoms with E-state index < -0.39 is 17.7 Å². The number of hydrogen-bond acceptors (Lipinski definition) is 7. The molecule has 282 valence electrons. The molecule has 1 aliphatic heterocycles. The molecule has 53 heavy (non-hydrogen) atoms. The summed E-state index contributed by atoms with van der Waals surface area (Å²) in [5.74, 6) is -0.971. The number of benzene rings is 2. The third kappa shape index (κ3) is 9.52. The molecule has 3 amide bonds. The van der Waals surface area contributed by atoms with Gasteiger partial charge in [0.05, 0.1) is 10.6 Å². The Kier molecular flexibility index (Phi) is 14.8. The number of hydrazine groups is 1. The van der Waals surface area contributed by atoms with Gasteiger partial charge in [-0.25, -0.2) is 9.99 Å². The summed E-state index contributed by atoms with van der Waals surface area (Å²) in [6.07, 6.45) is 11.0. The summed E-state index contributed by atoms with van der Waals surface area (Å²) in [4.78, 5) is 50.2. The van der Waals surface area contributed by atoms with Crippen LogP contribution in [0, 0.1) is 43.9 Å². The fourth-order valence-electron chi connectivity index (χ4n) is 7.31. The summed E-state index contributed by atoms with van der Waals surface area (Å²) in [6.45, 7) is 18.7. The van der Waals surface area contributed by atoms with E-state index in [9.17, 15) is 19.6 Å². The molecule has 4 rings (SSSR count). The SMILES string of the molecule is CCCCC(CC)CN(CC(CC)CCCC)c1nc(-c2c(C)cc(C)cc2C)c(/C=C2\C(=O)N(N(C)C(=O)c3ccccc3)C(=O)C(C#N)=C2C)s1. The van der Waals surface area contributed by atoms with Gasteiger partial charge in [0.15, 0.2) is 5.13 Å². The van der Waals surface area contributed by atoms with Crippen LogP contribution in [0.25, 0.3) is 17.3 Å². The van der Waals surface area contributed by atoms with E-state index in [1.165, 1.54) is 19.9 Å². The van der Waals surface area contributed by atoms with Crippen LogP contribution < -0.4 is 4.90 Å². The number of unbranched alkanes of at least 4 members (excludes halogenated alkanes) is 2. The molecule has 0 spiro atoms. The van der Waals surface area contributed by atoms with Crippen LogP contribution in [-0.4, -0.2) is 52.9 Å². The van der Waals surface area contributed by atoms with Crippen molar-refractivity contribution in [3.8, 4) is 17.3 Å². The predicted molar refractivity (Wildman–Crippen MR) is 217 cm³/mol. The van der Waals surface area contributed by atoms with Crippen LogP contribution in [0.4, 0.5) is 5.13 Å². The summed E-state index contributed by atoms with van der Waals surface area (Å²) < 4.78 is 0. The lowest BCUT2D eigenvalue weighted by Crippen LogP contribution is -2.53. The van der Waals surface area contributed by atoms with E-state index in [0.717, 1.165) is 99.6 Å². The number of carbonyl (C=O) groups is 3. The first kappa shape index (κ1) is 41.2. The average Bonchev–Trinajstić information content (AvgIpc) is 3.55. The molecule has 0 fully saturated rings. The van der Waals surface area contributed by atoms with Crippen molar-refractivity contribution < 1.29 is 14.4 Å². The molecular weight excluding hydrogens is 679 g/mol. The molecule has 3 aromatic rings. The molecule has 0 N–H and O–H groups in total. The van der Waals surface area contributed by atoms with Gasteiger partial charge in [0, 0.05) is 36.8 Å². The monoisotopic (exact) mass is 735 g/mol. The first-order chi connectivity index (χ1) is 25.4. The molecule has 2 atom stereocenters. The topological polar surface area (TPSA) is 97.6 Å². The van der Waals surface area contributed by atoms with E-state index >= 15 is 0 Å². The smallest absolute Gasteiger partial charge is 0.290 e. The number of nitrogens with zero attached hydrogens (tertiary/aromatic N) is 5. The largest absolute Gasteiger partial charge is 0.348 e. The van der Waals surface area contributed by atoms with Gasteiger partial charge in [-0.15, -0.1) is 0 Å². The van der Waals surface area contributed by atoms with Gasteiger partial charge in [-0.05, 0) is 87.3 Å². The number of hydrogen-bond donors (Lipinski definition) is 0. The molecule has 2 aromatic carbocycles. The van der Waals surface area contributed by atoms with Crippen LogP contribution >= 0.6 is 11.3 Å². The Hall–Kier alpha value is -4.55. The summed E-state index contributed by atoms with van der Waals surface area (Å²) in [7, 11) is 1.39. The molecule has 1 aromatic heterocycles. The van der Waals surface area contributed by atoms with Crippen molar-refractivity contribution in [2.24, 2.45) is 11.8 Å². The van der Waals surface area contributed by atoms with E-state index in [1.807, 2.05) is 6.07 Å². The lowest BCUT2D eigenvalue weighted by atomic mass is 9.93. The highest BCUT2D eigenvalue weighted by Crippen LogP contribution is 2.41. The number of nitriles is 1. The van der Waals surface area contributed by atoms with E-state index in [1.54, 1.807) is 54.7 Å². The molecule has 2 unspecified atom stereocenters. The summed E-state index contributed by atoms with van der Waals surface area (Å²) in [5.41, 5.74) is 5.71. The number of carbonyl (C=O) groups excluding carboxylic acids is 3. The third-order valence-electron chi connectivity index (χ3n) is 10.5. The summed E-state index contributed by atoms with van der Waals surface area (Å²) >= 11 is 1.55. The Bertz CT molecular complexity index is 1840. The number of thiazole rings is 1. The zero-order valence-corrected chi connectivity index (χ0v) is 34.0. The Balaban J connectivity index is 1.93. The van der Waals surface area contributed by atoms with Gasteiger partial charge in [0.2, 0.25) is 0 Å². The van der Waals surface area contributed by atoms with Gasteiger partial charge in [0.25, 0.3) is 17.7 Å². The quantitative estimate of drug-likeness (QED) is 0.101. The van der Waals surface area contributed by atoms with E-state index in [0.29, 0.717) is 17.4 Å². The Labute approximate surface area is 321 Å². The zero-order valence-electron chi connectivity index (χ0n) is 33.2. The third-order valence-corrected chi connectivity index (χ3v) is 11.5. The minimum atomic E-state index is -0.823. The number of aromatic nitrogens is 1. The number of rotatable bonds is 17. The molecule has 8 nitrogen and oxygen atoms in total. The highest BCUT2D eigenvalue weighted by Gasteiger charge is 2.40. The predicted octanol–water partition coefficient (Wildman–Crippen LogP) is 10.3. The van der Waals surface area contributed by atoms with E-state index in [2.05, 4.69) is 65.5 Å². The second-order valence-electron chi connectivity index (χ2n) is 14.5. The lowest BCUT2D eigenvalue weighted by molar-refractivity contribution is -0.153. The number of aryl methyl sites for hydroxylation is 3. The number of amides is 3. The van der Waals surface area contributed by atoms with Crippen molar-refractivity contribution >= 4 is 40.3 Å². The normalized spacial score (nSPS) is 15.2. The molecule has 0 aliphatic carbocycles. The molecule has 0 radical (unpaired) electrons. The molecule has 9 heteroatoms. The highest BCUT2D eigenvalue weighted by atomic mass is 32.1. The summed E-state index contributed by atoms with van der Waals surface area (Å²) in [5, 5.41) is 12.9. The van der Waals surface area contributed by atoms with Crippen LogP contribution in [0.1, 0.15) is 118 Å². The van der Waals surface area contributed by atoms with Gasteiger partial charge in [-0.3, -0.25) is 14.4 Å². The zero-order chi connectivity index (χ0) is 38.8. The Morgan fingerprint density at radius 3 is 1.98 bits per heavy atom.